The monoisotopic (exact) mass is 294 g/mol. The average molecular weight is 294 g/mol. The highest BCUT2D eigenvalue weighted by Crippen LogP contribution is 2.23. The molecule has 0 aliphatic heterocycles. The maximum absolute atomic E-state index is 11.1. The molecule has 1 aromatic carbocycles. The third-order valence-electron chi connectivity index (χ3n) is 3.35. The summed E-state index contributed by atoms with van der Waals surface area (Å²) < 4.78 is 0. The number of primary amides is 2. The van der Waals surface area contributed by atoms with Crippen molar-refractivity contribution in [2.24, 2.45) is 11.5 Å². The van der Waals surface area contributed by atoms with Crippen LogP contribution < -0.4 is 11.5 Å². The summed E-state index contributed by atoms with van der Waals surface area (Å²) in [6.07, 6.45) is 0.153. The van der Waals surface area contributed by atoms with Gasteiger partial charge in [0, 0.05) is 10.8 Å². The summed E-state index contributed by atoms with van der Waals surface area (Å²) in [6.45, 7) is 0. The number of rotatable bonds is 4. The molecule has 3 rings (SSSR count). The third-order valence-corrected chi connectivity index (χ3v) is 3.35. The quantitative estimate of drug-likeness (QED) is 0.694. The smallest absolute Gasteiger partial charge is 0.223 e. The standard InChI is InChI=1S/C16H14N4O2/c17-13(21)7-11-5-3-9-1-2-10-4-6-12(8-14(18)22)20-16(10)15(9)19-11/h1-6H,7-8H2,(H2,17,21)(H2,18,22). The molecular weight excluding hydrogens is 280 g/mol. The lowest BCUT2D eigenvalue weighted by Crippen LogP contribution is -2.15. The van der Waals surface area contributed by atoms with Crippen molar-refractivity contribution in [2.45, 2.75) is 12.8 Å². The molecule has 0 saturated heterocycles. The fourth-order valence-corrected chi connectivity index (χ4v) is 2.40. The summed E-state index contributed by atoms with van der Waals surface area (Å²) in [4.78, 5) is 31.1. The minimum Gasteiger partial charge on any atom is -0.369 e. The summed E-state index contributed by atoms with van der Waals surface area (Å²) in [5, 5.41) is 1.81. The topological polar surface area (TPSA) is 112 Å². The van der Waals surface area contributed by atoms with E-state index in [0.717, 1.165) is 10.8 Å². The van der Waals surface area contributed by atoms with Crippen LogP contribution in [0.1, 0.15) is 11.4 Å². The largest absolute Gasteiger partial charge is 0.369 e. The molecule has 22 heavy (non-hydrogen) atoms. The van der Waals surface area contributed by atoms with E-state index in [4.69, 9.17) is 11.5 Å². The number of amides is 2. The van der Waals surface area contributed by atoms with E-state index in [1.54, 1.807) is 12.1 Å². The summed E-state index contributed by atoms with van der Waals surface area (Å²) >= 11 is 0. The highest BCUT2D eigenvalue weighted by molar-refractivity contribution is 6.03. The highest BCUT2D eigenvalue weighted by atomic mass is 16.1. The van der Waals surface area contributed by atoms with Gasteiger partial charge in [0.25, 0.3) is 0 Å². The number of nitrogens with two attached hydrogens (primary N) is 2. The number of fused-ring (bicyclic) bond motifs is 3. The number of nitrogens with zero attached hydrogens (tertiary/aromatic N) is 2. The van der Waals surface area contributed by atoms with E-state index in [2.05, 4.69) is 9.97 Å². The van der Waals surface area contributed by atoms with Gasteiger partial charge in [0.1, 0.15) is 0 Å². The molecule has 0 aliphatic rings. The van der Waals surface area contributed by atoms with Crippen molar-refractivity contribution in [1.82, 2.24) is 9.97 Å². The summed E-state index contributed by atoms with van der Waals surface area (Å²) in [5.74, 6) is -0.871. The predicted molar refractivity (Wildman–Crippen MR) is 82.8 cm³/mol. The highest BCUT2D eigenvalue weighted by Gasteiger charge is 2.08. The molecule has 4 N–H and O–H groups in total. The van der Waals surface area contributed by atoms with Gasteiger partial charge in [-0.05, 0) is 12.1 Å². The van der Waals surface area contributed by atoms with Crippen molar-refractivity contribution in [3.63, 3.8) is 0 Å². The first kappa shape index (κ1) is 13.9. The zero-order chi connectivity index (χ0) is 15.7. The first-order chi connectivity index (χ1) is 10.5. The molecule has 0 aliphatic carbocycles. The zero-order valence-electron chi connectivity index (χ0n) is 11.7. The second-order valence-electron chi connectivity index (χ2n) is 5.10. The molecule has 110 valence electrons. The van der Waals surface area contributed by atoms with Gasteiger partial charge in [0.05, 0.1) is 35.3 Å². The Bertz CT molecular complexity index is 830. The van der Waals surface area contributed by atoms with Crippen LogP contribution in [0.2, 0.25) is 0 Å². The van der Waals surface area contributed by atoms with Crippen molar-refractivity contribution in [2.75, 3.05) is 0 Å². The van der Waals surface area contributed by atoms with Crippen LogP contribution in [0.4, 0.5) is 0 Å². The van der Waals surface area contributed by atoms with Crippen molar-refractivity contribution >= 4 is 33.6 Å². The van der Waals surface area contributed by atoms with E-state index < -0.39 is 11.8 Å². The molecule has 3 aromatic rings. The number of carbonyl (C=O) groups is 2. The Morgan fingerprint density at radius 1 is 0.727 bits per heavy atom. The molecule has 6 heteroatoms. The lowest BCUT2D eigenvalue weighted by atomic mass is 10.1. The third kappa shape index (κ3) is 2.71. The maximum atomic E-state index is 11.1. The molecule has 2 heterocycles. The first-order valence-corrected chi connectivity index (χ1v) is 6.78. The van der Waals surface area contributed by atoms with E-state index in [-0.39, 0.29) is 12.8 Å². The van der Waals surface area contributed by atoms with Gasteiger partial charge >= 0.3 is 0 Å². The molecule has 0 bridgehead atoms. The molecule has 0 saturated carbocycles. The van der Waals surface area contributed by atoms with Crippen LogP contribution in [0, 0.1) is 0 Å². The Labute approximate surface area is 126 Å². The van der Waals surface area contributed by atoms with Crippen LogP contribution in [0.3, 0.4) is 0 Å². The molecule has 6 nitrogen and oxygen atoms in total. The molecule has 0 unspecified atom stereocenters. The van der Waals surface area contributed by atoms with E-state index in [9.17, 15) is 9.59 Å². The summed E-state index contributed by atoms with van der Waals surface area (Å²) in [6, 6.07) is 11.2. The second kappa shape index (κ2) is 5.40. The van der Waals surface area contributed by atoms with Crippen LogP contribution in [-0.2, 0) is 22.4 Å². The van der Waals surface area contributed by atoms with Gasteiger partial charge in [-0.2, -0.15) is 0 Å². The number of aromatic nitrogens is 2. The first-order valence-electron chi connectivity index (χ1n) is 6.78. The Morgan fingerprint density at radius 3 is 1.45 bits per heavy atom. The molecule has 0 radical (unpaired) electrons. The van der Waals surface area contributed by atoms with Gasteiger partial charge in [-0.3, -0.25) is 9.59 Å². The minimum atomic E-state index is -0.436. The molecule has 0 fully saturated rings. The maximum Gasteiger partial charge on any atom is 0.223 e. The predicted octanol–water partition coefficient (Wildman–Crippen LogP) is 0.839. The number of hydrogen-bond donors (Lipinski definition) is 2. The fraction of sp³-hybridized carbons (Fsp3) is 0.125. The van der Waals surface area contributed by atoms with E-state index in [0.29, 0.717) is 22.4 Å². The van der Waals surface area contributed by atoms with Crippen molar-refractivity contribution in [3.05, 3.63) is 47.8 Å². The SMILES string of the molecule is NC(=O)Cc1ccc2ccc3ccc(CC(N)=O)nc3c2n1. The minimum absolute atomic E-state index is 0.0767. The van der Waals surface area contributed by atoms with Gasteiger partial charge in [0.2, 0.25) is 11.8 Å². The van der Waals surface area contributed by atoms with Crippen LogP contribution in [0.25, 0.3) is 21.8 Å². The Balaban J connectivity index is 2.21. The lowest BCUT2D eigenvalue weighted by Gasteiger charge is -2.06. The van der Waals surface area contributed by atoms with Gasteiger partial charge in [-0.25, -0.2) is 9.97 Å². The normalized spacial score (nSPS) is 10.9. The van der Waals surface area contributed by atoms with Crippen LogP contribution in [0.5, 0.6) is 0 Å². The van der Waals surface area contributed by atoms with Gasteiger partial charge in [-0.1, -0.05) is 24.3 Å². The molecule has 0 atom stereocenters. The van der Waals surface area contributed by atoms with Gasteiger partial charge in [-0.15, -0.1) is 0 Å². The van der Waals surface area contributed by atoms with Crippen molar-refractivity contribution < 1.29 is 9.59 Å². The Kier molecular flexibility index (Phi) is 3.42. The Morgan fingerprint density at radius 2 is 1.09 bits per heavy atom. The summed E-state index contributed by atoms with van der Waals surface area (Å²) in [7, 11) is 0. The summed E-state index contributed by atoms with van der Waals surface area (Å²) in [5.41, 5.74) is 13.0. The van der Waals surface area contributed by atoms with Gasteiger partial charge < -0.3 is 11.5 Å². The van der Waals surface area contributed by atoms with E-state index in [1.165, 1.54) is 0 Å². The number of pyridine rings is 2. The number of benzene rings is 1. The average Bonchev–Trinajstić information content (AvgIpc) is 2.46. The molecular formula is C16H14N4O2. The zero-order valence-corrected chi connectivity index (χ0v) is 11.7. The fourth-order valence-electron chi connectivity index (χ4n) is 2.40. The van der Waals surface area contributed by atoms with Crippen molar-refractivity contribution in [1.29, 1.82) is 0 Å². The second-order valence-corrected chi connectivity index (χ2v) is 5.10. The van der Waals surface area contributed by atoms with E-state index >= 15 is 0 Å². The number of carbonyl (C=O) groups excluding carboxylic acids is 2. The van der Waals surface area contributed by atoms with Crippen LogP contribution >= 0.6 is 0 Å². The van der Waals surface area contributed by atoms with E-state index in [1.807, 2.05) is 24.3 Å². The Hall–Kier alpha value is -3.02. The molecule has 2 amide bonds. The van der Waals surface area contributed by atoms with Crippen LogP contribution in [0.15, 0.2) is 36.4 Å². The lowest BCUT2D eigenvalue weighted by molar-refractivity contribution is -0.118. The molecule has 0 spiro atoms. The van der Waals surface area contributed by atoms with Crippen LogP contribution in [-0.4, -0.2) is 21.8 Å². The van der Waals surface area contributed by atoms with Crippen molar-refractivity contribution in [3.8, 4) is 0 Å². The van der Waals surface area contributed by atoms with Gasteiger partial charge in [0.15, 0.2) is 0 Å². The molecule has 2 aromatic heterocycles. The number of hydrogen-bond acceptors (Lipinski definition) is 4.